The molecule has 1 aliphatic heterocycles. The molecule has 1 aromatic carbocycles. The highest BCUT2D eigenvalue weighted by molar-refractivity contribution is 7.19. The van der Waals surface area contributed by atoms with Gasteiger partial charge in [0.1, 0.15) is 22.3 Å². The van der Waals surface area contributed by atoms with Crippen molar-refractivity contribution < 1.29 is 24.2 Å². The lowest BCUT2D eigenvalue weighted by molar-refractivity contribution is 0.00552. The standard InChI is InChI=1S/C23H23FN4O4S/c1-2-18(30)12-6-7-14(16(24)8-12)19-9-15(21(25)31)22(33-19)27-20-5-3-4-17(26-20)23(32)28-10-13(29)11-28/h3-9,13,18,29-30H,2,10-11H2,1H3,(H2,25,31)(H,26,27). The van der Waals surface area contributed by atoms with E-state index in [1.165, 1.54) is 17.0 Å². The molecule has 3 aromatic rings. The van der Waals surface area contributed by atoms with E-state index < -0.39 is 23.9 Å². The predicted octanol–water partition coefficient (Wildman–Crippen LogP) is 3.05. The van der Waals surface area contributed by atoms with Crippen molar-refractivity contribution in [1.29, 1.82) is 0 Å². The Morgan fingerprint density at radius 3 is 2.70 bits per heavy atom. The van der Waals surface area contributed by atoms with E-state index in [0.717, 1.165) is 11.3 Å². The number of halogens is 1. The third-order valence-corrected chi connectivity index (χ3v) is 6.47. The Kier molecular flexibility index (Phi) is 6.41. The molecule has 2 amide bonds. The van der Waals surface area contributed by atoms with Gasteiger partial charge in [-0.2, -0.15) is 0 Å². The Hall–Kier alpha value is -3.34. The predicted molar refractivity (Wildman–Crippen MR) is 123 cm³/mol. The van der Waals surface area contributed by atoms with Crippen molar-refractivity contribution in [3.05, 3.63) is 65.1 Å². The van der Waals surface area contributed by atoms with Crippen LogP contribution in [0.3, 0.4) is 0 Å². The lowest BCUT2D eigenvalue weighted by Gasteiger charge is -2.35. The molecule has 172 valence electrons. The number of primary amides is 1. The summed E-state index contributed by atoms with van der Waals surface area (Å²) in [5.74, 6) is -1.20. The van der Waals surface area contributed by atoms with Crippen molar-refractivity contribution in [2.75, 3.05) is 18.4 Å². The van der Waals surface area contributed by atoms with Crippen LogP contribution >= 0.6 is 11.3 Å². The maximum absolute atomic E-state index is 14.8. The van der Waals surface area contributed by atoms with E-state index in [9.17, 15) is 24.2 Å². The third kappa shape index (κ3) is 4.72. The first kappa shape index (κ1) is 22.8. The van der Waals surface area contributed by atoms with Crippen LogP contribution in [0.25, 0.3) is 10.4 Å². The number of pyridine rings is 1. The fourth-order valence-electron chi connectivity index (χ4n) is 3.50. The molecule has 0 saturated carbocycles. The van der Waals surface area contributed by atoms with Crippen molar-refractivity contribution in [3.63, 3.8) is 0 Å². The van der Waals surface area contributed by atoms with E-state index in [2.05, 4.69) is 10.3 Å². The molecule has 3 heterocycles. The number of thiophene rings is 1. The lowest BCUT2D eigenvalue weighted by atomic mass is 10.0. The molecular formula is C23H23FN4O4S. The number of hydrogen-bond donors (Lipinski definition) is 4. The molecule has 2 aromatic heterocycles. The molecule has 0 radical (unpaired) electrons. The summed E-state index contributed by atoms with van der Waals surface area (Å²) in [6, 6.07) is 10.8. The van der Waals surface area contributed by atoms with Crippen LogP contribution in [0.5, 0.6) is 0 Å². The van der Waals surface area contributed by atoms with Gasteiger partial charge in [-0.05, 0) is 36.2 Å². The summed E-state index contributed by atoms with van der Waals surface area (Å²) < 4.78 is 14.8. The summed E-state index contributed by atoms with van der Waals surface area (Å²) in [6.07, 6.45) is -0.807. The van der Waals surface area contributed by atoms with Crippen LogP contribution < -0.4 is 11.1 Å². The van der Waals surface area contributed by atoms with Crippen LogP contribution in [0.4, 0.5) is 15.2 Å². The number of aromatic nitrogens is 1. The molecule has 4 rings (SSSR count). The Morgan fingerprint density at radius 1 is 1.30 bits per heavy atom. The highest BCUT2D eigenvalue weighted by atomic mass is 32.1. The Balaban J connectivity index is 1.61. The number of nitrogens with one attached hydrogen (secondary N) is 1. The van der Waals surface area contributed by atoms with Gasteiger partial charge in [0.25, 0.3) is 11.8 Å². The van der Waals surface area contributed by atoms with Gasteiger partial charge in [0.2, 0.25) is 0 Å². The van der Waals surface area contributed by atoms with Crippen LogP contribution in [0.15, 0.2) is 42.5 Å². The van der Waals surface area contributed by atoms with Crippen LogP contribution in [-0.4, -0.2) is 51.1 Å². The van der Waals surface area contributed by atoms with Gasteiger partial charge >= 0.3 is 0 Å². The molecule has 8 nitrogen and oxygen atoms in total. The lowest BCUT2D eigenvalue weighted by Crippen LogP contribution is -2.53. The number of hydrogen-bond acceptors (Lipinski definition) is 7. The summed E-state index contributed by atoms with van der Waals surface area (Å²) in [5, 5.41) is 22.7. The van der Waals surface area contributed by atoms with E-state index in [1.807, 2.05) is 0 Å². The average Bonchev–Trinajstić information content (AvgIpc) is 3.19. The van der Waals surface area contributed by atoms with E-state index in [4.69, 9.17) is 5.73 Å². The van der Waals surface area contributed by atoms with Crippen molar-refractivity contribution in [3.8, 4) is 10.4 Å². The van der Waals surface area contributed by atoms with Gasteiger partial charge in [-0.1, -0.05) is 25.1 Å². The zero-order chi connectivity index (χ0) is 23.7. The fourth-order valence-corrected chi connectivity index (χ4v) is 4.59. The Bertz CT molecular complexity index is 1210. The number of anilines is 2. The van der Waals surface area contributed by atoms with Gasteiger partial charge in [-0.25, -0.2) is 9.37 Å². The molecule has 1 atom stereocenters. The van der Waals surface area contributed by atoms with E-state index in [0.29, 0.717) is 27.7 Å². The molecule has 5 N–H and O–H groups in total. The van der Waals surface area contributed by atoms with Crippen LogP contribution in [0, 0.1) is 5.82 Å². The summed E-state index contributed by atoms with van der Waals surface area (Å²) in [4.78, 5) is 30.8. The number of β-amino-alcohol motifs (C(OH)–C–C–N with tert-alkyl or cyclic N) is 1. The highest BCUT2D eigenvalue weighted by Crippen LogP contribution is 2.38. The second kappa shape index (κ2) is 9.26. The van der Waals surface area contributed by atoms with Crippen molar-refractivity contribution in [2.45, 2.75) is 25.6 Å². The van der Waals surface area contributed by atoms with Gasteiger partial charge < -0.3 is 26.2 Å². The largest absolute Gasteiger partial charge is 0.389 e. The molecule has 10 heteroatoms. The molecule has 0 spiro atoms. The minimum Gasteiger partial charge on any atom is -0.389 e. The first-order valence-electron chi connectivity index (χ1n) is 10.4. The molecule has 0 aliphatic carbocycles. The third-order valence-electron chi connectivity index (χ3n) is 5.39. The first-order valence-corrected chi connectivity index (χ1v) is 11.2. The van der Waals surface area contributed by atoms with Gasteiger partial charge in [0.05, 0.1) is 17.8 Å². The van der Waals surface area contributed by atoms with Gasteiger partial charge in [-0.15, -0.1) is 11.3 Å². The SMILES string of the molecule is CCC(O)c1ccc(-c2cc(C(N)=O)c(Nc3cccc(C(=O)N4CC(O)C4)n3)s2)c(F)c1. The molecular weight excluding hydrogens is 447 g/mol. The molecule has 33 heavy (non-hydrogen) atoms. The second-order valence-corrected chi connectivity index (χ2v) is 8.83. The Morgan fingerprint density at radius 2 is 2.06 bits per heavy atom. The van der Waals surface area contributed by atoms with Crippen LogP contribution in [0.1, 0.15) is 45.9 Å². The van der Waals surface area contributed by atoms with Gasteiger partial charge in [0, 0.05) is 23.5 Å². The number of nitrogens with zero attached hydrogens (tertiary/aromatic N) is 2. The quantitative estimate of drug-likeness (QED) is 0.420. The number of carbonyl (C=O) groups excluding carboxylic acids is 2. The summed E-state index contributed by atoms with van der Waals surface area (Å²) in [7, 11) is 0. The number of nitrogens with two attached hydrogens (primary N) is 1. The van der Waals surface area contributed by atoms with Gasteiger partial charge in [0.15, 0.2) is 0 Å². The van der Waals surface area contributed by atoms with Crippen molar-refractivity contribution >= 4 is 34.0 Å². The van der Waals surface area contributed by atoms with E-state index in [-0.39, 0.29) is 35.8 Å². The van der Waals surface area contributed by atoms with Gasteiger partial charge in [-0.3, -0.25) is 9.59 Å². The maximum Gasteiger partial charge on any atom is 0.272 e. The van der Waals surface area contributed by atoms with E-state index in [1.54, 1.807) is 37.3 Å². The first-order chi connectivity index (χ1) is 15.8. The topological polar surface area (TPSA) is 129 Å². The smallest absolute Gasteiger partial charge is 0.272 e. The Labute approximate surface area is 193 Å². The molecule has 0 bridgehead atoms. The van der Waals surface area contributed by atoms with Crippen LogP contribution in [-0.2, 0) is 0 Å². The fraction of sp³-hybridized carbons (Fsp3) is 0.261. The minimum atomic E-state index is -0.754. The number of likely N-dealkylation sites (tertiary alicyclic amines) is 1. The average molecular weight is 471 g/mol. The zero-order valence-corrected chi connectivity index (χ0v) is 18.6. The zero-order valence-electron chi connectivity index (χ0n) is 17.8. The number of rotatable bonds is 7. The maximum atomic E-state index is 14.8. The highest BCUT2D eigenvalue weighted by Gasteiger charge is 2.30. The number of aliphatic hydroxyl groups excluding tert-OH is 2. The summed E-state index contributed by atoms with van der Waals surface area (Å²) >= 11 is 1.12. The van der Waals surface area contributed by atoms with Crippen molar-refractivity contribution in [1.82, 2.24) is 9.88 Å². The molecule has 1 unspecified atom stereocenters. The number of aliphatic hydroxyl groups is 2. The summed E-state index contributed by atoms with van der Waals surface area (Å²) in [6.45, 7) is 2.33. The van der Waals surface area contributed by atoms with Crippen molar-refractivity contribution in [2.24, 2.45) is 5.73 Å². The monoisotopic (exact) mass is 470 g/mol. The molecule has 1 aliphatic rings. The molecule has 1 saturated heterocycles. The number of benzene rings is 1. The number of carbonyl (C=O) groups is 2. The normalized spacial score (nSPS) is 14.6. The second-order valence-electron chi connectivity index (χ2n) is 7.78. The molecule has 1 fully saturated rings. The van der Waals surface area contributed by atoms with Crippen LogP contribution in [0.2, 0.25) is 0 Å². The number of amides is 2. The minimum absolute atomic E-state index is 0.163. The summed E-state index contributed by atoms with van der Waals surface area (Å²) in [5.41, 5.74) is 6.64. The van der Waals surface area contributed by atoms with E-state index >= 15 is 0 Å².